The number of carbonyl (C=O) groups excluding carboxylic acids is 1. The maximum Gasteiger partial charge on any atom is 0.363 e. The number of halogens is 1. The van der Waals surface area contributed by atoms with Crippen LogP contribution in [0.1, 0.15) is 11.3 Å². The SMILES string of the molecule is O=C1OC(c2ccco2)=N/C1=C/c1ccccc1OCCOc1ccc(Br)cc1. The zero-order chi connectivity index (χ0) is 20.1. The molecule has 0 aliphatic carbocycles. The van der Waals surface area contributed by atoms with Crippen molar-refractivity contribution in [1.29, 1.82) is 0 Å². The molecule has 6 nitrogen and oxygen atoms in total. The minimum absolute atomic E-state index is 0.146. The van der Waals surface area contributed by atoms with Crippen LogP contribution >= 0.6 is 15.9 Å². The number of para-hydroxylation sites is 1. The van der Waals surface area contributed by atoms with Crippen LogP contribution in [0.3, 0.4) is 0 Å². The Bertz CT molecular complexity index is 1060. The van der Waals surface area contributed by atoms with E-state index in [4.69, 9.17) is 18.6 Å². The van der Waals surface area contributed by atoms with Gasteiger partial charge in [-0.05, 0) is 48.5 Å². The Hall–Kier alpha value is -3.32. The van der Waals surface area contributed by atoms with E-state index in [1.807, 2.05) is 48.5 Å². The minimum Gasteiger partial charge on any atom is -0.490 e. The summed E-state index contributed by atoms with van der Waals surface area (Å²) in [7, 11) is 0. The third kappa shape index (κ3) is 4.75. The highest BCUT2D eigenvalue weighted by atomic mass is 79.9. The molecule has 2 heterocycles. The molecule has 0 saturated heterocycles. The van der Waals surface area contributed by atoms with Crippen molar-refractivity contribution in [1.82, 2.24) is 0 Å². The van der Waals surface area contributed by atoms with Crippen LogP contribution in [0.4, 0.5) is 0 Å². The van der Waals surface area contributed by atoms with E-state index >= 15 is 0 Å². The fourth-order valence-corrected chi connectivity index (χ4v) is 2.90. The lowest BCUT2D eigenvalue weighted by Crippen LogP contribution is -2.09. The van der Waals surface area contributed by atoms with Gasteiger partial charge in [0.25, 0.3) is 5.90 Å². The number of rotatable bonds is 7. The lowest BCUT2D eigenvalue weighted by atomic mass is 10.1. The Labute approximate surface area is 175 Å². The van der Waals surface area contributed by atoms with Gasteiger partial charge in [-0.15, -0.1) is 0 Å². The molecule has 0 N–H and O–H groups in total. The zero-order valence-electron chi connectivity index (χ0n) is 15.2. The van der Waals surface area contributed by atoms with Crippen molar-refractivity contribution in [3.63, 3.8) is 0 Å². The summed E-state index contributed by atoms with van der Waals surface area (Å²) in [4.78, 5) is 16.3. The van der Waals surface area contributed by atoms with Gasteiger partial charge in [0, 0.05) is 10.0 Å². The van der Waals surface area contributed by atoms with Crippen LogP contribution in [0.5, 0.6) is 11.5 Å². The van der Waals surface area contributed by atoms with Crippen LogP contribution < -0.4 is 9.47 Å². The Morgan fingerprint density at radius 1 is 0.966 bits per heavy atom. The van der Waals surface area contributed by atoms with Gasteiger partial charge in [0.05, 0.1) is 6.26 Å². The summed E-state index contributed by atoms with van der Waals surface area (Å²) in [5, 5.41) is 0. The predicted molar refractivity (Wildman–Crippen MR) is 111 cm³/mol. The molecule has 146 valence electrons. The van der Waals surface area contributed by atoms with Crippen LogP contribution in [0.15, 0.2) is 86.5 Å². The van der Waals surface area contributed by atoms with Crippen molar-refractivity contribution >= 4 is 33.9 Å². The molecule has 0 fully saturated rings. The average Bonchev–Trinajstić information content (AvgIpc) is 3.38. The first-order chi connectivity index (χ1) is 14.2. The van der Waals surface area contributed by atoms with Crippen molar-refractivity contribution in [3.8, 4) is 11.5 Å². The fourth-order valence-electron chi connectivity index (χ4n) is 2.64. The quantitative estimate of drug-likeness (QED) is 0.290. The van der Waals surface area contributed by atoms with Crippen molar-refractivity contribution in [3.05, 3.63) is 88.4 Å². The second-order valence-electron chi connectivity index (χ2n) is 6.00. The van der Waals surface area contributed by atoms with Gasteiger partial charge in [0.15, 0.2) is 11.5 Å². The molecule has 4 rings (SSSR count). The zero-order valence-corrected chi connectivity index (χ0v) is 16.8. The normalized spacial score (nSPS) is 14.6. The highest BCUT2D eigenvalue weighted by Crippen LogP contribution is 2.25. The monoisotopic (exact) mass is 453 g/mol. The minimum atomic E-state index is -0.537. The Morgan fingerprint density at radius 2 is 1.76 bits per heavy atom. The molecule has 3 aromatic rings. The molecule has 0 spiro atoms. The van der Waals surface area contributed by atoms with Gasteiger partial charge in [0.1, 0.15) is 24.7 Å². The maximum atomic E-state index is 12.1. The molecule has 0 atom stereocenters. The molecule has 1 aromatic heterocycles. The Kier molecular flexibility index (Phi) is 5.76. The molecule has 2 aromatic carbocycles. The van der Waals surface area contributed by atoms with E-state index in [2.05, 4.69) is 20.9 Å². The van der Waals surface area contributed by atoms with Gasteiger partial charge in [-0.25, -0.2) is 9.79 Å². The molecule has 0 radical (unpaired) electrons. The van der Waals surface area contributed by atoms with Gasteiger partial charge in [-0.3, -0.25) is 0 Å². The van der Waals surface area contributed by atoms with E-state index in [-0.39, 0.29) is 11.6 Å². The maximum absolute atomic E-state index is 12.1. The Balaban J connectivity index is 1.42. The molecule has 7 heteroatoms. The van der Waals surface area contributed by atoms with Gasteiger partial charge in [0.2, 0.25) is 0 Å². The molecule has 0 bridgehead atoms. The number of ether oxygens (including phenoxy) is 3. The number of aliphatic imine (C=N–C) groups is 1. The van der Waals surface area contributed by atoms with Crippen molar-refractivity contribution in [2.24, 2.45) is 4.99 Å². The summed E-state index contributed by atoms with van der Waals surface area (Å²) in [6.45, 7) is 0.733. The summed E-state index contributed by atoms with van der Waals surface area (Å²) >= 11 is 3.39. The van der Waals surface area contributed by atoms with Crippen LogP contribution in [0, 0.1) is 0 Å². The third-order valence-corrected chi connectivity index (χ3v) is 4.52. The summed E-state index contributed by atoms with van der Waals surface area (Å²) in [5.74, 6) is 1.39. The van der Waals surface area contributed by atoms with Crippen LogP contribution in [-0.4, -0.2) is 25.1 Å². The van der Waals surface area contributed by atoms with Crippen LogP contribution in [0.25, 0.3) is 6.08 Å². The topological polar surface area (TPSA) is 70.3 Å². The van der Waals surface area contributed by atoms with Crippen molar-refractivity contribution < 1.29 is 23.4 Å². The third-order valence-electron chi connectivity index (χ3n) is 3.99. The summed E-state index contributed by atoms with van der Waals surface area (Å²) in [5.41, 5.74) is 0.895. The second-order valence-corrected chi connectivity index (χ2v) is 6.92. The molecule has 29 heavy (non-hydrogen) atoms. The predicted octanol–water partition coefficient (Wildman–Crippen LogP) is 4.84. The molecule has 1 aliphatic heterocycles. The van der Waals surface area contributed by atoms with Gasteiger partial charge in [-0.2, -0.15) is 0 Å². The molecular formula is C22H16BrNO5. The van der Waals surface area contributed by atoms with Gasteiger partial charge in [-0.1, -0.05) is 34.1 Å². The number of hydrogen-bond donors (Lipinski definition) is 0. The smallest absolute Gasteiger partial charge is 0.363 e. The first kappa shape index (κ1) is 19.0. The largest absolute Gasteiger partial charge is 0.490 e. The van der Waals surface area contributed by atoms with Gasteiger partial charge < -0.3 is 18.6 Å². The molecule has 0 saturated carbocycles. The highest BCUT2D eigenvalue weighted by molar-refractivity contribution is 9.10. The van der Waals surface area contributed by atoms with Gasteiger partial charge >= 0.3 is 5.97 Å². The van der Waals surface area contributed by atoms with E-state index < -0.39 is 5.97 Å². The first-order valence-electron chi connectivity index (χ1n) is 8.86. The standard InChI is InChI=1S/C22H16BrNO5/c23-16-7-9-17(10-8-16)26-12-13-28-19-5-2-1-4-15(19)14-18-22(25)29-21(24-18)20-6-3-11-27-20/h1-11,14H,12-13H2/b18-14+. The molecule has 1 aliphatic rings. The average molecular weight is 454 g/mol. The second kappa shape index (κ2) is 8.79. The lowest BCUT2D eigenvalue weighted by Gasteiger charge is -2.10. The highest BCUT2D eigenvalue weighted by Gasteiger charge is 2.26. The molecule has 0 unspecified atom stereocenters. The van der Waals surface area contributed by atoms with E-state index in [9.17, 15) is 4.79 Å². The summed E-state index contributed by atoms with van der Waals surface area (Å²) < 4.78 is 22.9. The number of hydrogen-bond acceptors (Lipinski definition) is 6. The van der Waals surface area contributed by atoms with E-state index in [0.29, 0.717) is 30.3 Å². The van der Waals surface area contributed by atoms with Crippen molar-refractivity contribution in [2.75, 3.05) is 13.2 Å². The van der Waals surface area contributed by atoms with E-state index in [1.165, 1.54) is 6.26 Å². The van der Waals surface area contributed by atoms with E-state index in [0.717, 1.165) is 10.2 Å². The summed E-state index contributed by atoms with van der Waals surface area (Å²) in [6, 6.07) is 18.3. The molecular weight excluding hydrogens is 438 g/mol. The summed E-state index contributed by atoms with van der Waals surface area (Å²) in [6.07, 6.45) is 3.12. The number of furan rings is 1. The lowest BCUT2D eigenvalue weighted by molar-refractivity contribution is -0.130. The van der Waals surface area contributed by atoms with Crippen LogP contribution in [-0.2, 0) is 9.53 Å². The van der Waals surface area contributed by atoms with Crippen LogP contribution in [0.2, 0.25) is 0 Å². The number of carbonyl (C=O) groups is 1. The molecule has 0 amide bonds. The van der Waals surface area contributed by atoms with E-state index in [1.54, 1.807) is 18.2 Å². The first-order valence-corrected chi connectivity index (χ1v) is 9.65. The number of cyclic esters (lactones) is 1. The fraction of sp³-hybridized carbons (Fsp3) is 0.0909. The number of benzene rings is 2. The Morgan fingerprint density at radius 3 is 2.55 bits per heavy atom. The number of esters is 1. The van der Waals surface area contributed by atoms with Crippen molar-refractivity contribution in [2.45, 2.75) is 0 Å². The number of nitrogens with zero attached hydrogens (tertiary/aromatic N) is 1.